The van der Waals surface area contributed by atoms with Crippen molar-refractivity contribution in [2.24, 2.45) is 0 Å². The first-order chi connectivity index (χ1) is 7.43. The number of hydrogen-bond donors (Lipinski definition) is 1. The van der Waals surface area contributed by atoms with E-state index in [1.165, 1.54) is 0 Å². The van der Waals surface area contributed by atoms with Crippen molar-refractivity contribution in [3.8, 4) is 0 Å². The zero-order valence-corrected chi connectivity index (χ0v) is 11.6. The Morgan fingerprint density at radius 3 is 2.62 bits per heavy atom. The average Bonchev–Trinajstić information content (AvgIpc) is 2.62. The van der Waals surface area contributed by atoms with E-state index in [2.05, 4.69) is 38.1 Å². The minimum Gasteiger partial charge on any atom is -0.393 e. The Kier molecular flexibility index (Phi) is 4.93. The first kappa shape index (κ1) is 13.7. The number of aliphatic hydroxyl groups is 1. The normalized spacial score (nSPS) is 14.1. The summed E-state index contributed by atoms with van der Waals surface area (Å²) < 4.78 is 0. The van der Waals surface area contributed by atoms with Crippen LogP contribution in [0.2, 0.25) is 0 Å². The average molecular weight is 241 g/mol. The van der Waals surface area contributed by atoms with Gasteiger partial charge in [-0.15, -0.1) is 11.3 Å². The van der Waals surface area contributed by atoms with Gasteiger partial charge in [-0.1, -0.05) is 40.5 Å². The molecule has 1 N–H and O–H groups in total. The Morgan fingerprint density at radius 2 is 2.12 bits per heavy atom. The molecule has 1 unspecified atom stereocenters. The van der Waals surface area contributed by atoms with E-state index in [1.807, 2.05) is 0 Å². The predicted octanol–water partition coefficient (Wildman–Crippen LogP) is 3.53. The molecule has 0 aliphatic rings. The molecule has 92 valence electrons. The van der Waals surface area contributed by atoms with Crippen LogP contribution in [0.3, 0.4) is 0 Å². The molecule has 0 fully saturated rings. The van der Waals surface area contributed by atoms with Gasteiger partial charge in [0.05, 0.1) is 16.8 Å². The van der Waals surface area contributed by atoms with E-state index < -0.39 is 0 Å². The molecular formula is C13H23NOS. The van der Waals surface area contributed by atoms with Gasteiger partial charge < -0.3 is 5.11 Å². The van der Waals surface area contributed by atoms with Crippen molar-refractivity contribution in [1.29, 1.82) is 0 Å². The van der Waals surface area contributed by atoms with E-state index >= 15 is 0 Å². The monoisotopic (exact) mass is 241 g/mol. The maximum Gasteiger partial charge on any atom is 0.0954 e. The van der Waals surface area contributed by atoms with Gasteiger partial charge in [-0.25, -0.2) is 4.98 Å². The maximum absolute atomic E-state index is 9.81. The van der Waals surface area contributed by atoms with Crippen LogP contribution in [0.4, 0.5) is 0 Å². The second kappa shape index (κ2) is 5.78. The molecule has 0 spiro atoms. The second-order valence-electron chi connectivity index (χ2n) is 5.38. The van der Waals surface area contributed by atoms with Gasteiger partial charge in [-0.3, -0.25) is 0 Å². The lowest BCUT2D eigenvalue weighted by molar-refractivity contribution is 0.161. The summed E-state index contributed by atoms with van der Waals surface area (Å²) in [6.07, 6.45) is 3.61. The first-order valence-corrected chi connectivity index (χ1v) is 6.94. The lowest BCUT2D eigenvalue weighted by atomic mass is 9.93. The fourth-order valence-electron chi connectivity index (χ4n) is 1.49. The lowest BCUT2D eigenvalue weighted by Crippen LogP contribution is -2.13. The fraction of sp³-hybridized carbons (Fsp3) is 0.769. The maximum atomic E-state index is 9.81. The van der Waals surface area contributed by atoms with Gasteiger partial charge in [0.25, 0.3) is 0 Å². The van der Waals surface area contributed by atoms with Crippen LogP contribution in [-0.2, 0) is 11.8 Å². The van der Waals surface area contributed by atoms with Crippen molar-refractivity contribution in [3.63, 3.8) is 0 Å². The summed E-state index contributed by atoms with van der Waals surface area (Å²) in [5.41, 5.74) is 1.25. The van der Waals surface area contributed by atoms with Crippen molar-refractivity contribution in [1.82, 2.24) is 4.98 Å². The molecule has 2 nitrogen and oxygen atoms in total. The third kappa shape index (κ3) is 4.22. The van der Waals surface area contributed by atoms with Crippen molar-refractivity contribution in [2.75, 3.05) is 0 Å². The van der Waals surface area contributed by atoms with E-state index in [1.54, 1.807) is 11.3 Å². The predicted molar refractivity (Wildman–Crippen MR) is 70.0 cm³/mol. The third-order valence-corrected chi connectivity index (χ3v) is 3.49. The van der Waals surface area contributed by atoms with Gasteiger partial charge in [-0.05, 0) is 6.42 Å². The molecule has 0 aliphatic heterocycles. The standard InChI is InChI=1S/C13H23NOS/c1-5-6-7-10(15)8-12-14-11(9-16-12)13(2,3)4/h9-10,15H,5-8H2,1-4H3. The van der Waals surface area contributed by atoms with Crippen molar-refractivity contribution in [2.45, 2.75) is 64.9 Å². The van der Waals surface area contributed by atoms with Crippen LogP contribution in [0.5, 0.6) is 0 Å². The summed E-state index contributed by atoms with van der Waals surface area (Å²) in [6.45, 7) is 8.64. The highest BCUT2D eigenvalue weighted by Gasteiger charge is 2.18. The summed E-state index contributed by atoms with van der Waals surface area (Å²) in [6, 6.07) is 0. The Bertz CT molecular complexity index is 314. The first-order valence-electron chi connectivity index (χ1n) is 6.06. The number of hydrogen-bond acceptors (Lipinski definition) is 3. The number of thiazole rings is 1. The molecule has 0 bridgehead atoms. The Labute approximate surface area is 103 Å². The molecule has 1 aromatic rings. The van der Waals surface area contributed by atoms with Crippen LogP contribution in [0, 0.1) is 0 Å². The summed E-state index contributed by atoms with van der Waals surface area (Å²) in [4.78, 5) is 4.59. The Morgan fingerprint density at radius 1 is 1.44 bits per heavy atom. The zero-order valence-electron chi connectivity index (χ0n) is 10.8. The largest absolute Gasteiger partial charge is 0.393 e. The molecule has 1 atom stereocenters. The van der Waals surface area contributed by atoms with Crippen LogP contribution in [0.15, 0.2) is 5.38 Å². The van der Waals surface area contributed by atoms with Crippen LogP contribution in [0.1, 0.15) is 57.7 Å². The van der Waals surface area contributed by atoms with E-state index in [0.717, 1.165) is 30.0 Å². The van der Waals surface area contributed by atoms with E-state index in [4.69, 9.17) is 0 Å². The van der Waals surface area contributed by atoms with Gasteiger partial charge >= 0.3 is 0 Å². The van der Waals surface area contributed by atoms with Gasteiger partial charge in [0.15, 0.2) is 0 Å². The van der Waals surface area contributed by atoms with Crippen LogP contribution < -0.4 is 0 Å². The van der Waals surface area contributed by atoms with Crippen molar-refractivity contribution >= 4 is 11.3 Å². The van der Waals surface area contributed by atoms with Gasteiger partial charge in [0.2, 0.25) is 0 Å². The molecule has 0 saturated heterocycles. The number of rotatable bonds is 5. The van der Waals surface area contributed by atoms with Crippen LogP contribution >= 0.6 is 11.3 Å². The summed E-state index contributed by atoms with van der Waals surface area (Å²) in [5.74, 6) is 0. The summed E-state index contributed by atoms with van der Waals surface area (Å²) >= 11 is 1.67. The number of unbranched alkanes of at least 4 members (excludes halogenated alkanes) is 1. The summed E-state index contributed by atoms with van der Waals surface area (Å²) in [5, 5.41) is 13.0. The molecule has 0 aromatic carbocycles. The molecule has 0 amide bonds. The molecule has 0 radical (unpaired) electrons. The Hall–Kier alpha value is -0.410. The highest BCUT2D eigenvalue weighted by Crippen LogP contribution is 2.24. The molecule has 1 heterocycles. The third-order valence-electron chi connectivity index (χ3n) is 2.62. The van der Waals surface area contributed by atoms with Gasteiger partial charge in [0.1, 0.15) is 0 Å². The van der Waals surface area contributed by atoms with Gasteiger partial charge in [-0.2, -0.15) is 0 Å². The minimum absolute atomic E-state index is 0.114. The molecule has 1 aromatic heterocycles. The SMILES string of the molecule is CCCCC(O)Cc1nc(C(C)(C)C)cs1. The lowest BCUT2D eigenvalue weighted by Gasteiger charge is -2.14. The van der Waals surface area contributed by atoms with E-state index in [-0.39, 0.29) is 11.5 Å². The van der Waals surface area contributed by atoms with E-state index in [9.17, 15) is 5.11 Å². The van der Waals surface area contributed by atoms with Crippen LogP contribution in [0.25, 0.3) is 0 Å². The zero-order chi connectivity index (χ0) is 12.2. The molecule has 0 aliphatic carbocycles. The smallest absolute Gasteiger partial charge is 0.0954 e. The highest BCUT2D eigenvalue weighted by atomic mass is 32.1. The quantitative estimate of drug-likeness (QED) is 0.855. The second-order valence-corrected chi connectivity index (χ2v) is 6.32. The topological polar surface area (TPSA) is 33.1 Å². The van der Waals surface area contributed by atoms with Crippen molar-refractivity contribution in [3.05, 3.63) is 16.1 Å². The highest BCUT2D eigenvalue weighted by molar-refractivity contribution is 7.09. The number of aliphatic hydroxyl groups excluding tert-OH is 1. The minimum atomic E-state index is -0.223. The molecular weight excluding hydrogens is 218 g/mol. The number of nitrogens with zero attached hydrogens (tertiary/aromatic N) is 1. The van der Waals surface area contributed by atoms with Gasteiger partial charge in [0, 0.05) is 17.2 Å². The number of aromatic nitrogens is 1. The Balaban J connectivity index is 2.52. The molecule has 0 saturated carbocycles. The molecule has 1 rings (SSSR count). The van der Waals surface area contributed by atoms with Crippen molar-refractivity contribution < 1.29 is 5.11 Å². The molecule has 3 heteroatoms. The van der Waals surface area contributed by atoms with E-state index in [0.29, 0.717) is 6.42 Å². The fourth-order valence-corrected chi connectivity index (χ4v) is 2.59. The van der Waals surface area contributed by atoms with Crippen LogP contribution in [-0.4, -0.2) is 16.2 Å². The summed E-state index contributed by atoms with van der Waals surface area (Å²) in [7, 11) is 0. The molecule has 16 heavy (non-hydrogen) atoms.